The van der Waals surface area contributed by atoms with Gasteiger partial charge < -0.3 is 5.32 Å². The van der Waals surface area contributed by atoms with Gasteiger partial charge in [0.25, 0.3) is 0 Å². The summed E-state index contributed by atoms with van der Waals surface area (Å²) in [5.74, 6) is 3.52. The van der Waals surface area contributed by atoms with Gasteiger partial charge in [-0.15, -0.1) is 0 Å². The molecule has 0 aromatic rings. The zero-order chi connectivity index (χ0) is 9.68. The van der Waals surface area contributed by atoms with E-state index in [1.54, 1.807) is 0 Å². The van der Waals surface area contributed by atoms with Gasteiger partial charge in [-0.25, -0.2) is 0 Å². The van der Waals surface area contributed by atoms with E-state index in [9.17, 15) is 0 Å². The van der Waals surface area contributed by atoms with Crippen LogP contribution >= 0.6 is 11.8 Å². The molecule has 1 saturated heterocycles. The Bertz CT molecular complexity index is 132. The van der Waals surface area contributed by atoms with Crippen LogP contribution in [0.15, 0.2) is 0 Å². The van der Waals surface area contributed by atoms with Crippen molar-refractivity contribution in [3.63, 3.8) is 0 Å². The van der Waals surface area contributed by atoms with Crippen molar-refractivity contribution in [1.29, 1.82) is 0 Å². The molecule has 1 aliphatic rings. The van der Waals surface area contributed by atoms with Gasteiger partial charge in [-0.05, 0) is 37.2 Å². The maximum Gasteiger partial charge on any atom is 0.00853 e. The normalized spacial score (nSPS) is 24.2. The summed E-state index contributed by atoms with van der Waals surface area (Å²) in [4.78, 5) is 0. The summed E-state index contributed by atoms with van der Waals surface area (Å²) in [6.45, 7) is 6.95. The fraction of sp³-hybridized carbons (Fsp3) is 1.00. The van der Waals surface area contributed by atoms with Gasteiger partial charge in [-0.1, -0.05) is 20.3 Å². The van der Waals surface area contributed by atoms with Crippen LogP contribution in [-0.4, -0.2) is 23.6 Å². The second kappa shape index (κ2) is 5.92. The summed E-state index contributed by atoms with van der Waals surface area (Å²) in [7, 11) is 0. The quantitative estimate of drug-likeness (QED) is 0.750. The average molecular weight is 201 g/mol. The maximum absolute atomic E-state index is 3.76. The Labute approximate surface area is 87.1 Å². The standard InChI is InChI=1S/C11H23NS/c1-4-9(2)10(3)12-11-5-7-13-8-6-11/h9-12H,4-8H2,1-3H3. The van der Waals surface area contributed by atoms with E-state index in [1.165, 1.54) is 30.8 Å². The molecular weight excluding hydrogens is 178 g/mol. The SMILES string of the molecule is CCC(C)C(C)NC1CCSCC1. The second-order valence-corrected chi connectivity index (χ2v) is 5.45. The molecule has 13 heavy (non-hydrogen) atoms. The summed E-state index contributed by atoms with van der Waals surface area (Å²) < 4.78 is 0. The van der Waals surface area contributed by atoms with Gasteiger partial charge >= 0.3 is 0 Å². The van der Waals surface area contributed by atoms with Gasteiger partial charge in [-0.2, -0.15) is 11.8 Å². The average Bonchev–Trinajstić information content (AvgIpc) is 2.18. The minimum atomic E-state index is 0.693. The predicted molar refractivity (Wildman–Crippen MR) is 62.4 cm³/mol. The lowest BCUT2D eigenvalue weighted by Crippen LogP contribution is -2.41. The topological polar surface area (TPSA) is 12.0 Å². The van der Waals surface area contributed by atoms with Crippen molar-refractivity contribution in [3.8, 4) is 0 Å². The van der Waals surface area contributed by atoms with Gasteiger partial charge in [0.05, 0.1) is 0 Å². The number of nitrogens with one attached hydrogen (secondary N) is 1. The number of thioether (sulfide) groups is 1. The van der Waals surface area contributed by atoms with Crippen molar-refractivity contribution in [3.05, 3.63) is 0 Å². The Morgan fingerprint density at radius 3 is 2.46 bits per heavy atom. The van der Waals surface area contributed by atoms with E-state index in [0.29, 0.717) is 6.04 Å². The molecule has 0 radical (unpaired) electrons. The fourth-order valence-electron chi connectivity index (χ4n) is 1.75. The van der Waals surface area contributed by atoms with E-state index in [2.05, 4.69) is 37.8 Å². The summed E-state index contributed by atoms with van der Waals surface area (Å²) in [5, 5.41) is 3.76. The van der Waals surface area contributed by atoms with Crippen molar-refractivity contribution in [2.75, 3.05) is 11.5 Å². The number of hydrogen-bond acceptors (Lipinski definition) is 2. The molecule has 2 heteroatoms. The molecule has 0 bridgehead atoms. The van der Waals surface area contributed by atoms with E-state index in [4.69, 9.17) is 0 Å². The lowest BCUT2D eigenvalue weighted by Gasteiger charge is -2.29. The zero-order valence-corrected chi connectivity index (χ0v) is 9.99. The van der Waals surface area contributed by atoms with Gasteiger partial charge in [0.1, 0.15) is 0 Å². The molecule has 1 nitrogen and oxygen atoms in total. The van der Waals surface area contributed by atoms with Crippen LogP contribution in [0.3, 0.4) is 0 Å². The van der Waals surface area contributed by atoms with Crippen LogP contribution in [0.5, 0.6) is 0 Å². The molecule has 1 fully saturated rings. The van der Waals surface area contributed by atoms with Gasteiger partial charge in [0, 0.05) is 12.1 Å². The Kier molecular flexibility index (Phi) is 5.18. The Morgan fingerprint density at radius 2 is 1.92 bits per heavy atom. The van der Waals surface area contributed by atoms with Crippen LogP contribution in [-0.2, 0) is 0 Å². The largest absolute Gasteiger partial charge is 0.311 e. The molecule has 0 aromatic carbocycles. The minimum Gasteiger partial charge on any atom is -0.311 e. The first kappa shape index (κ1) is 11.4. The first-order chi connectivity index (χ1) is 6.24. The third kappa shape index (κ3) is 3.90. The van der Waals surface area contributed by atoms with Crippen LogP contribution in [0.4, 0.5) is 0 Å². The molecule has 0 amide bonds. The minimum absolute atomic E-state index is 0.693. The van der Waals surface area contributed by atoms with Crippen molar-refractivity contribution in [2.24, 2.45) is 5.92 Å². The molecule has 1 rings (SSSR count). The van der Waals surface area contributed by atoms with Crippen LogP contribution in [0, 0.1) is 5.92 Å². The van der Waals surface area contributed by atoms with Crippen molar-refractivity contribution < 1.29 is 0 Å². The van der Waals surface area contributed by atoms with Crippen LogP contribution < -0.4 is 5.32 Å². The molecule has 0 aliphatic carbocycles. The molecule has 0 spiro atoms. The molecule has 78 valence electrons. The Morgan fingerprint density at radius 1 is 1.31 bits per heavy atom. The first-order valence-electron chi connectivity index (χ1n) is 5.57. The number of rotatable bonds is 4. The summed E-state index contributed by atoms with van der Waals surface area (Å²) >= 11 is 2.10. The lowest BCUT2D eigenvalue weighted by molar-refractivity contribution is 0.336. The maximum atomic E-state index is 3.76. The van der Waals surface area contributed by atoms with Gasteiger partial charge in [0.2, 0.25) is 0 Å². The van der Waals surface area contributed by atoms with E-state index >= 15 is 0 Å². The third-order valence-electron chi connectivity index (χ3n) is 3.22. The molecule has 1 aliphatic heterocycles. The highest BCUT2D eigenvalue weighted by atomic mass is 32.2. The lowest BCUT2D eigenvalue weighted by atomic mass is 9.99. The van der Waals surface area contributed by atoms with Crippen molar-refractivity contribution in [1.82, 2.24) is 5.32 Å². The number of hydrogen-bond donors (Lipinski definition) is 1. The second-order valence-electron chi connectivity index (χ2n) is 4.23. The monoisotopic (exact) mass is 201 g/mol. The smallest absolute Gasteiger partial charge is 0.00853 e. The van der Waals surface area contributed by atoms with Gasteiger partial charge in [-0.3, -0.25) is 0 Å². The van der Waals surface area contributed by atoms with Crippen molar-refractivity contribution in [2.45, 2.75) is 52.1 Å². The molecular formula is C11H23NS. The highest BCUT2D eigenvalue weighted by Gasteiger charge is 2.17. The molecule has 0 saturated carbocycles. The van der Waals surface area contributed by atoms with Gasteiger partial charge in [0.15, 0.2) is 0 Å². The van der Waals surface area contributed by atoms with Crippen molar-refractivity contribution >= 4 is 11.8 Å². The molecule has 2 atom stereocenters. The highest BCUT2D eigenvalue weighted by Crippen LogP contribution is 2.18. The summed E-state index contributed by atoms with van der Waals surface area (Å²) in [5.41, 5.74) is 0. The third-order valence-corrected chi connectivity index (χ3v) is 4.27. The summed E-state index contributed by atoms with van der Waals surface area (Å²) in [6, 6.07) is 1.49. The van der Waals surface area contributed by atoms with E-state index in [1.807, 2.05) is 0 Å². The van der Waals surface area contributed by atoms with E-state index in [0.717, 1.165) is 12.0 Å². The van der Waals surface area contributed by atoms with Crippen LogP contribution in [0.1, 0.15) is 40.0 Å². The van der Waals surface area contributed by atoms with E-state index < -0.39 is 0 Å². The fourth-order valence-corrected chi connectivity index (χ4v) is 2.86. The predicted octanol–water partition coefficient (Wildman–Crippen LogP) is 2.91. The molecule has 0 aromatic heterocycles. The molecule has 2 unspecified atom stereocenters. The van der Waals surface area contributed by atoms with Crippen LogP contribution in [0.25, 0.3) is 0 Å². The van der Waals surface area contributed by atoms with E-state index in [-0.39, 0.29) is 0 Å². The zero-order valence-electron chi connectivity index (χ0n) is 9.18. The molecule has 1 N–H and O–H groups in total. The summed E-state index contributed by atoms with van der Waals surface area (Å²) in [6.07, 6.45) is 4.02. The van der Waals surface area contributed by atoms with Crippen LogP contribution in [0.2, 0.25) is 0 Å². The first-order valence-corrected chi connectivity index (χ1v) is 6.73. The molecule has 1 heterocycles. The highest BCUT2D eigenvalue weighted by molar-refractivity contribution is 7.99. The Balaban J connectivity index is 2.21. The Hall–Kier alpha value is 0.310.